The number of anilines is 1. The van der Waals surface area contributed by atoms with Crippen molar-refractivity contribution in [1.29, 1.82) is 0 Å². The lowest BCUT2D eigenvalue weighted by atomic mass is 10.2. The van der Waals surface area contributed by atoms with Crippen molar-refractivity contribution < 1.29 is 4.79 Å². The lowest BCUT2D eigenvalue weighted by Gasteiger charge is -2.08. The van der Waals surface area contributed by atoms with Gasteiger partial charge in [0.1, 0.15) is 0 Å². The summed E-state index contributed by atoms with van der Waals surface area (Å²) in [6.07, 6.45) is 0. The fourth-order valence-electron chi connectivity index (χ4n) is 2.09. The summed E-state index contributed by atoms with van der Waals surface area (Å²) in [5.74, 6) is 0. The Balaban J connectivity index is 1.63. The number of urea groups is 1. The maximum Gasteiger partial charge on any atom is 0.319 e. The zero-order valence-electron chi connectivity index (χ0n) is 11.4. The average molecular weight is 351 g/mol. The van der Waals surface area contributed by atoms with Gasteiger partial charge in [-0.15, -0.1) is 11.3 Å². The molecule has 1 heterocycles. The Bertz CT molecular complexity index is 832. The number of amides is 2. The number of nitrogens with one attached hydrogen (secondary N) is 2. The number of benzene rings is 2. The summed E-state index contributed by atoms with van der Waals surface area (Å²) < 4.78 is 1.21. The minimum absolute atomic E-state index is 0.284. The molecule has 6 heteroatoms. The highest BCUT2D eigenvalue weighted by atomic mass is 35.5. The number of carbonyl (C=O) groups excluding carboxylic acids is 1. The molecule has 0 spiro atoms. The second kappa shape index (κ2) is 6.57. The van der Waals surface area contributed by atoms with E-state index in [0.29, 0.717) is 22.3 Å². The van der Waals surface area contributed by atoms with Crippen LogP contribution in [0, 0.1) is 0 Å². The molecule has 2 N–H and O–H groups in total. The van der Waals surface area contributed by atoms with Gasteiger partial charge in [0.15, 0.2) is 0 Å². The standard InChI is InChI=1S/C16H12Cl2N2OS/c17-13-6-5-11(7-14(13)18)20-16(21)19-8-10-9-22-15-4-2-1-3-12(10)15/h1-7,9H,8H2,(H2,19,20,21). The van der Waals surface area contributed by atoms with Gasteiger partial charge in [0.25, 0.3) is 0 Å². The molecule has 3 aromatic rings. The first-order valence-corrected chi connectivity index (χ1v) is 8.22. The number of hydrogen-bond donors (Lipinski definition) is 2. The Morgan fingerprint density at radius 1 is 1.09 bits per heavy atom. The van der Waals surface area contributed by atoms with Crippen molar-refractivity contribution >= 4 is 56.3 Å². The Morgan fingerprint density at radius 3 is 2.73 bits per heavy atom. The van der Waals surface area contributed by atoms with Crippen molar-refractivity contribution in [3.05, 3.63) is 63.5 Å². The van der Waals surface area contributed by atoms with Crippen molar-refractivity contribution in [2.45, 2.75) is 6.54 Å². The molecule has 2 aromatic carbocycles. The number of rotatable bonds is 3. The van der Waals surface area contributed by atoms with Gasteiger partial charge in [-0.2, -0.15) is 0 Å². The van der Waals surface area contributed by atoms with Gasteiger partial charge in [-0.3, -0.25) is 0 Å². The van der Waals surface area contributed by atoms with Crippen LogP contribution in [0.25, 0.3) is 10.1 Å². The molecule has 22 heavy (non-hydrogen) atoms. The predicted molar refractivity (Wildman–Crippen MR) is 94.1 cm³/mol. The van der Waals surface area contributed by atoms with Gasteiger partial charge in [-0.1, -0.05) is 41.4 Å². The van der Waals surface area contributed by atoms with Crippen LogP contribution in [-0.4, -0.2) is 6.03 Å². The second-order valence-corrected chi connectivity index (χ2v) is 6.42. The summed E-state index contributed by atoms with van der Waals surface area (Å²) in [6.45, 7) is 0.469. The summed E-state index contributed by atoms with van der Waals surface area (Å²) in [6, 6.07) is 12.8. The zero-order chi connectivity index (χ0) is 15.5. The summed E-state index contributed by atoms with van der Waals surface area (Å²) in [5.41, 5.74) is 1.70. The SMILES string of the molecule is O=C(NCc1csc2ccccc12)Nc1ccc(Cl)c(Cl)c1. The lowest BCUT2D eigenvalue weighted by Crippen LogP contribution is -2.28. The smallest absolute Gasteiger partial charge is 0.319 e. The Labute approximate surface area is 141 Å². The van der Waals surface area contributed by atoms with E-state index < -0.39 is 0 Å². The molecule has 0 atom stereocenters. The Kier molecular flexibility index (Phi) is 4.52. The minimum Gasteiger partial charge on any atom is -0.334 e. The number of fused-ring (bicyclic) bond motifs is 1. The molecule has 0 fully saturated rings. The fourth-order valence-corrected chi connectivity index (χ4v) is 3.36. The number of halogens is 2. The van der Waals surface area contributed by atoms with Crippen LogP contribution in [0.3, 0.4) is 0 Å². The number of carbonyl (C=O) groups is 1. The van der Waals surface area contributed by atoms with Crippen LogP contribution < -0.4 is 10.6 Å². The van der Waals surface area contributed by atoms with Crippen molar-refractivity contribution in [3.8, 4) is 0 Å². The maximum atomic E-state index is 11.9. The van der Waals surface area contributed by atoms with Gasteiger partial charge in [-0.05, 0) is 40.6 Å². The van der Waals surface area contributed by atoms with Crippen LogP contribution in [0.5, 0.6) is 0 Å². The largest absolute Gasteiger partial charge is 0.334 e. The molecule has 0 aliphatic rings. The van der Waals surface area contributed by atoms with Crippen LogP contribution in [0.1, 0.15) is 5.56 Å². The van der Waals surface area contributed by atoms with Gasteiger partial charge < -0.3 is 10.6 Å². The number of thiophene rings is 1. The van der Waals surface area contributed by atoms with Crippen LogP contribution in [0.15, 0.2) is 47.8 Å². The van der Waals surface area contributed by atoms with Crippen LogP contribution in [-0.2, 0) is 6.54 Å². The third-order valence-electron chi connectivity index (χ3n) is 3.18. The van der Waals surface area contributed by atoms with Crippen molar-refractivity contribution in [1.82, 2.24) is 5.32 Å². The zero-order valence-corrected chi connectivity index (χ0v) is 13.7. The molecule has 0 saturated heterocycles. The molecule has 0 radical (unpaired) electrons. The first-order chi connectivity index (χ1) is 10.6. The molecule has 0 bridgehead atoms. The van der Waals surface area contributed by atoms with Crippen LogP contribution in [0.2, 0.25) is 10.0 Å². The van der Waals surface area contributed by atoms with E-state index in [0.717, 1.165) is 5.56 Å². The summed E-state index contributed by atoms with van der Waals surface area (Å²) >= 11 is 13.4. The van der Waals surface area contributed by atoms with Crippen LogP contribution >= 0.6 is 34.5 Å². The minimum atomic E-state index is -0.284. The summed E-state index contributed by atoms with van der Waals surface area (Å²) in [7, 11) is 0. The highest BCUT2D eigenvalue weighted by Gasteiger charge is 2.07. The second-order valence-electron chi connectivity index (χ2n) is 4.69. The summed E-state index contributed by atoms with van der Waals surface area (Å²) in [5, 5.41) is 9.66. The molecule has 1 aromatic heterocycles. The topological polar surface area (TPSA) is 41.1 Å². The van der Waals surface area contributed by atoms with Gasteiger partial charge in [-0.25, -0.2) is 4.79 Å². The molecule has 0 saturated carbocycles. The quantitative estimate of drug-likeness (QED) is 0.640. The van der Waals surface area contributed by atoms with E-state index in [2.05, 4.69) is 28.1 Å². The molecule has 0 unspecified atom stereocenters. The van der Waals surface area contributed by atoms with Crippen molar-refractivity contribution in [2.24, 2.45) is 0 Å². The van der Waals surface area contributed by atoms with E-state index in [4.69, 9.17) is 23.2 Å². The van der Waals surface area contributed by atoms with Crippen molar-refractivity contribution in [3.63, 3.8) is 0 Å². The van der Waals surface area contributed by atoms with Gasteiger partial charge >= 0.3 is 6.03 Å². The highest BCUT2D eigenvalue weighted by Crippen LogP contribution is 2.26. The molecule has 2 amide bonds. The van der Waals surface area contributed by atoms with E-state index in [9.17, 15) is 4.79 Å². The fraction of sp³-hybridized carbons (Fsp3) is 0.0625. The molecular formula is C16H12Cl2N2OS. The molecule has 112 valence electrons. The molecule has 0 aliphatic carbocycles. The van der Waals surface area contributed by atoms with Gasteiger partial charge in [0.2, 0.25) is 0 Å². The Hall–Kier alpha value is -1.75. The first kappa shape index (κ1) is 15.2. The van der Waals surface area contributed by atoms with E-state index in [-0.39, 0.29) is 6.03 Å². The molecule has 3 rings (SSSR count). The predicted octanol–water partition coefficient (Wildman–Crippen LogP) is 5.53. The number of hydrogen-bond acceptors (Lipinski definition) is 2. The van der Waals surface area contributed by atoms with E-state index >= 15 is 0 Å². The van der Waals surface area contributed by atoms with Crippen molar-refractivity contribution in [2.75, 3.05) is 5.32 Å². The molecule has 0 aliphatic heterocycles. The maximum absolute atomic E-state index is 11.9. The molecular weight excluding hydrogens is 339 g/mol. The third kappa shape index (κ3) is 3.35. The van der Waals surface area contributed by atoms with E-state index in [1.807, 2.05) is 12.1 Å². The van der Waals surface area contributed by atoms with Gasteiger partial charge in [0, 0.05) is 16.9 Å². The van der Waals surface area contributed by atoms with E-state index in [1.54, 1.807) is 29.5 Å². The first-order valence-electron chi connectivity index (χ1n) is 6.58. The highest BCUT2D eigenvalue weighted by molar-refractivity contribution is 7.17. The lowest BCUT2D eigenvalue weighted by molar-refractivity contribution is 0.252. The summed E-state index contributed by atoms with van der Waals surface area (Å²) in [4.78, 5) is 11.9. The van der Waals surface area contributed by atoms with Gasteiger partial charge in [0.05, 0.1) is 10.0 Å². The third-order valence-corrected chi connectivity index (χ3v) is 4.93. The normalized spacial score (nSPS) is 10.6. The van der Waals surface area contributed by atoms with Crippen LogP contribution in [0.4, 0.5) is 10.5 Å². The van der Waals surface area contributed by atoms with E-state index in [1.165, 1.54) is 10.1 Å². The monoisotopic (exact) mass is 350 g/mol. The Morgan fingerprint density at radius 2 is 1.91 bits per heavy atom. The molecule has 3 nitrogen and oxygen atoms in total. The average Bonchev–Trinajstić information content (AvgIpc) is 2.92.